The zero-order valence-electron chi connectivity index (χ0n) is 20.1. The lowest BCUT2D eigenvalue weighted by Crippen LogP contribution is -2.22. The van der Waals surface area contributed by atoms with Gasteiger partial charge < -0.3 is 19.2 Å². The van der Waals surface area contributed by atoms with E-state index in [-0.39, 0.29) is 36.9 Å². The second-order valence-corrected chi connectivity index (χ2v) is 8.37. The number of rotatable bonds is 10. The van der Waals surface area contributed by atoms with Gasteiger partial charge >= 0.3 is 5.97 Å². The fraction of sp³-hybridized carbons (Fsp3) is 0.360. The third kappa shape index (κ3) is 5.26. The van der Waals surface area contributed by atoms with Crippen molar-refractivity contribution in [2.75, 3.05) is 6.61 Å². The summed E-state index contributed by atoms with van der Waals surface area (Å²) in [6, 6.07) is 5.02. The molecule has 10 heteroatoms. The Morgan fingerprint density at radius 3 is 2.77 bits per heavy atom. The van der Waals surface area contributed by atoms with Crippen LogP contribution in [-0.4, -0.2) is 44.0 Å². The highest BCUT2D eigenvalue weighted by Crippen LogP contribution is 2.34. The van der Waals surface area contributed by atoms with E-state index >= 15 is 4.39 Å². The molecule has 0 saturated heterocycles. The lowest BCUT2D eigenvalue weighted by molar-refractivity contribution is -0.150. The number of Topliss-reactive ketones (excluding diaryl/α,β-unsaturated/α-hetero) is 1. The molecule has 0 unspecified atom stereocenters. The molecule has 0 amide bonds. The van der Waals surface area contributed by atoms with E-state index in [0.29, 0.717) is 34.2 Å². The number of aromatic nitrogens is 4. The molecule has 0 bridgehead atoms. The Labute approximate surface area is 201 Å². The molecular weight excluding hydrogens is 455 g/mol. The minimum Gasteiger partial charge on any atom is -0.488 e. The second kappa shape index (κ2) is 10.1. The minimum atomic E-state index is -0.519. The summed E-state index contributed by atoms with van der Waals surface area (Å²) in [5.74, 6) is -0.193. The number of carbonyl (C=O) groups is 2. The van der Waals surface area contributed by atoms with E-state index in [0.717, 1.165) is 5.69 Å². The number of H-pyrrole nitrogens is 1. The van der Waals surface area contributed by atoms with Gasteiger partial charge in [-0.05, 0) is 39.0 Å². The smallest absolute Gasteiger partial charge is 0.306 e. The van der Waals surface area contributed by atoms with Crippen LogP contribution in [0.4, 0.5) is 4.39 Å². The van der Waals surface area contributed by atoms with E-state index in [1.165, 1.54) is 10.8 Å². The van der Waals surface area contributed by atoms with Gasteiger partial charge in [0.25, 0.3) is 0 Å². The molecule has 9 nitrogen and oxygen atoms in total. The van der Waals surface area contributed by atoms with Crippen molar-refractivity contribution in [1.82, 2.24) is 19.6 Å². The molecule has 184 valence electrons. The third-order valence-corrected chi connectivity index (χ3v) is 5.60. The number of nitrogens with zero attached hydrogens (tertiary/aromatic N) is 3. The van der Waals surface area contributed by atoms with Crippen LogP contribution in [-0.2, 0) is 14.3 Å². The standard InChI is InChI=1S/C25H27FN4O5/c1-5-17(31)6-9-22(32)34-15(3)12-33-21-11-30-24(16(21)4)25(27-13-28-30)35-20-8-7-19-18(23(20)26)10-14(2)29-19/h7-8,10-11,13,15,29H,5-6,9,12H2,1-4H3/t15-/m1/s1. The van der Waals surface area contributed by atoms with Crippen molar-refractivity contribution in [2.24, 2.45) is 0 Å². The summed E-state index contributed by atoms with van der Waals surface area (Å²) in [4.78, 5) is 30.6. The Bertz CT molecular complexity index is 1390. The van der Waals surface area contributed by atoms with E-state index in [1.54, 1.807) is 38.2 Å². The number of hydrogen-bond acceptors (Lipinski definition) is 7. The molecule has 1 N–H and O–H groups in total. The number of fused-ring (bicyclic) bond motifs is 2. The number of hydrogen-bond donors (Lipinski definition) is 1. The first-order valence-corrected chi connectivity index (χ1v) is 11.4. The fourth-order valence-electron chi connectivity index (χ4n) is 3.74. The molecule has 1 aromatic carbocycles. The normalized spacial score (nSPS) is 12.1. The van der Waals surface area contributed by atoms with E-state index < -0.39 is 17.9 Å². The molecule has 0 fully saturated rings. The first-order chi connectivity index (χ1) is 16.8. The zero-order valence-corrected chi connectivity index (χ0v) is 20.1. The average Bonchev–Trinajstić information content (AvgIpc) is 3.38. The molecule has 3 aromatic heterocycles. The molecule has 4 rings (SSSR count). The lowest BCUT2D eigenvalue weighted by Gasteiger charge is -2.14. The molecule has 4 aromatic rings. The topological polar surface area (TPSA) is 108 Å². The van der Waals surface area contributed by atoms with Gasteiger partial charge in [-0.3, -0.25) is 9.59 Å². The summed E-state index contributed by atoms with van der Waals surface area (Å²) >= 11 is 0. The number of esters is 1. The summed E-state index contributed by atoms with van der Waals surface area (Å²) < 4.78 is 33.6. The number of halogens is 1. The van der Waals surface area contributed by atoms with Crippen molar-refractivity contribution in [3.63, 3.8) is 0 Å². The number of nitrogens with one attached hydrogen (secondary N) is 1. The fourth-order valence-corrected chi connectivity index (χ4v) is 3.74. The summed E-state index contributed by atoms with van der Waals surface area (Å²) in [6.07, 6.45) is 3.06. The van der Waals surface area contributed by atoms with Gasteiger partial charge in [0.1, 0.15) is 36.1 Å². The first kappa shape index (κ1) is 24.2. The summed E-state index contributed by atoms with van der Waals surface area (Å²) in [6.45, 7) is 7.23. The Morgan fingerprint density at radius 2 is 2.00 bits per heavy atom. The highest BCUT2D eigenvalue weighted by atomic mass is 19.1. The van der Waals surface area contributed by atoms with Gasteiger partial charge in [0.15, 0.2) is 11.6 Å². The predicted molar refractivity (Wildman–Crippen MR) is 126 cm³/mol. The maximum atomic E-state index is 15.0. The van der Waals surface area contributed by atoms with Crippen LogP contribution in [0.1, 0.15) is 44.4 Å². The zero-order chi connectivity index (χ0) is 25.1. The van der Waals surface area contributed by atoms with Crippen molar-refractivity contribution >= 4 is 28.2 Å². The van der Waals surface area contributed by atoms with E-state index in [4.69, 9.17) is 14.2 Å². The number of aryl methyl sites for hydroxylation is 2. The van der Waals surface area contributed by atoms with E-state index in [2.05, 4.69) is 15.1 Å². The maximum Gasteiger partial charge on any atom is 0.306 e. The van der Waals surface area contributed by atoms with Crippen molar-refractivity contribution in [3.8, 4) is 17.4 Å². The van der Waals surface area contributed by atoms with Crippen LogP contribution in [0.15, 0.2) is 30.7 Å². The third-order valence-electron chi connectivity index (χ3n) is 5.60. The molecule has 0 aliphatic rings. The SMILES string of the molecule is CCC(=O)CCC(=O)O[C@H](C)COc1cn2ncnc(Oc3ccc4[nH]c(C)cc4c3F)c2c1C. The number of ether oxygens (including phenoxy) is 3. The van der Waals surface area contributed by atoms with Gasteiger partial charge in [-0.2, -0.15) is 10.1 Å². The largest absolute Gasteiger partial charge is 0.488 e. The van der Waals surface area contributed by atoms with Gasteiger partial charge in [-0.15, -0.1) is 0 Å². The lowest BCUT2D eigenvalue weighted by atomic mass is 10.2. The maximum absolute atomic E-state index is 15.0. The second-order valence-electron chi connectivity index (χ2n) is 8.37. The van der Waals surface area contributed by atoms with Crippen molar-refractivity contribution in [3.05, 3.63) is 47.8 Å². The number of carbonyl (C=O) groups excluding carboxylic acids is 2. The monoisotopic (exact) mass is 482 g/mol. The van der Waals surface area contributed by atoms with Crippen molar-refractivity contribution in [2.45, 2.75) is 53.1 Å². The molecule has 0 spiro atoms. The van der Waals surface area contributed by atoms with Crippen LogP contribution in [0.2, 0.25) is 0 Å². The van der Waals surface area contributed by atoms with Crippen LogP contribution in [0.5, 0.6) is 17.4 Å². The molecule has 0 aliphatic heterocycles. The average molecular weight is 483 g/mol. The number of aromatic amines is 1. The van der Waals surface area contributed by atoms with Gasteiger partial charge in [0.2, 0.25) is 5.88 Å². The van der Waals surface area contributed by atoms with E-state index in [1.807, 2.05) is 13.8 Å². The van der Waals surface area contributed by atoms with E-state index in [9.17, 15) is 9.59 Å². The van der Waals surface area contributed by atoms with Gasteiger partial charge in [0.05, 0.1) is 12.6 Å². The molecular formula is C25H27FN4O5. The summed E-state index contributed by atoms with van der Waals surface area (Å²) in [7, 11) is 0. The van der Waals surface area contributed by atoms with Crippen LogP contribution >= 0.6 is 0 Å². The molecule has 0 saturated carbocycles. The van der Waals surface area contributed by atoms with Gasteiger partial charge in [-0.1, -0.05) is 6.92 Å². The van der Waals surface area contributed by atoms with Crippen LogP contribution in [0.3, 0.4) is 0 Å². The van der Waals surface area contributed by atoms with Crippen LogP contribution < -0.4 is 9.47 Å². The predicted octanol–water partition coefficient (Wildman–Crippen LogP) is 4.83. The van der Waals surface area contributed by atoms with Crippen molar-refractivity contribution < 1.29 is 28.2 Å². The first-order valence-electron chi connectivity index (χ1n) is 11.4. The van der Waals surface area contributed by atoms with Gasteiger partial charge in [-0.25, -0.2) is 8.91 Å². The molecule has 0 aliphatic carbocycles. The van der Waals surface area contributed by atoms with Gasteiger partial charge in [0, 0.05) is 35.0 Å². The molecule has 1 atom stereocenters. The van der Waals surface area contributed by atoms with Crippen LogP contribution in [0.25, 0.3) is 16.4 Å². The quantitative estimate of drug-likeness (QED) is 0.323. The Balaban J connectivity index is 1.48. The highest BCUT2D eigenvalue weighted by molar-refractivity contribution is 5.83. The highest BCUT2D eigenvalue weighted by Gasteiger charge is 2.19. The molecule has 3 heterocycles. The number of ketones is 1. The summed E-state index contributed by atoms with van der Waals surface area (Å²) in [5.41, 5.74) is 2.74. The molecule has 35 heavy (non-hydrogen) atoms. The minimum absolute atomic E-state index is 0.0177. The summed E-state index contributed by atoms with van der Waals surface area (Å²) in [5, 5.41) is 4.63. The molecule has 0 radical (unpaired) electrons. The number of benzene rings is 1. The van der Waals surface area contributed by atoms with Crippen molar-refractivity contribution in [1.29, 1.82) is 0 Å². The Hall–Kier alpha value is -3.95. The Morgan fingerprint density at radius 1 is 1.20 bits per heavy atom. The Kier molecular flexibility index (Phi) is 6.99. The van der Waals surface area contributed by atoms with Crippen LogP contribution in [0, 0.1) is 19.7 Å².